The summed E-state index contributed by atoms with van der Waals surface area (Å²) in [6.45, 7) is 0.862. The topological polar surface area (TPSA) is 25.2 Å². The van der Waals surface area contributed by atoms with E-state index in [2.05, 4.69) is 40.3 Å². The molecule has 1 aliphatic rings. The van der Waals surface area contributed by atoms with Crippen LogP contribution >= 0.6 is 0 Å². The fraction of sp³-hybridized carbons (Fsp3) is 0.200. The molecule has 1 unspecified atom stereocenters. The van der Waals surface area contributed by atoms with E-state index in [1.165, 1.54) is 11.3 Å². The minimum Gasteiger partial charge on any atom is -0.288 e. The van der Waals surface area contributed by atoms with Crippen molar-refractivity contribution < 1.29 is 0 Å². The maximum Gasteiger partial charge on any atom is 0.0480 e. The first-order valence-electron chi connectivity index (χ1n) is 5.93. The van der Waals surface area contributed by atoms with Gasteiger partial charge >= 0.3 is 0 Å². The summed E-state index contributed by atoms with van der Waals surface area (Å²) in [6.07, 6.45) is 2.86. The third-order valence-electron chi connectivity index (χ3n) is 3.16. The molecule has 1 atom stereocenters. The fourth-order valence-corrected chi connectivity index (χ4v) is 2.24. The van der Waals surface area contributed by atoms with Crippen LogP contribution in [0.3, 0.4) is 0 Å². The molecule has 2 nitrogen and oxygen atoms in total. The normalized spacial score (nSPS) is 19.1. The van der Waals surface area contributed by atoms with E-state index in [1.54, 1.807) is 0 Å². The van der Waals surface area contributed by atoms with Gasteiger partial charge in [-0.1, -0.05) is 36.4 Å². The Bertz CT molecular complexity index is 517. The SMILES string of the molecule is c1ccc(C2=NCC(c3ccccn3)C2)cc1. The Hall–Kier alpha value is -1.96. The quantitative estimate of drug-likeness (QED) is 0.766. The summed E-state index contributed by atoms with van der Waals surface area (Å²) in [5.41, 5.74) is 3.61. The first-order valence-corrected chi connectivity index (χ1v) is 5.93. The van der Waals surface area contributed by atoms with Crippen LogP contribution in [0.15, 0.2) is 59.7 Å². The lowest BCUT2D eigenvalue weighted by atomic mass is 9.98. The van der Waals surface area contributed by atoms with Gasteiger partial charge in [0.2, 0.25) is 0 Å². The number of nitrogens with zero attached hydrogens (tertiary/aromatic N) is 2. The molecule has 0 bridgehead atoms. The van der Waals surface area contributed by atoms with Gasteiger partial charge in [-0.2, -0.15) is 0 Å². The third kappa shape index (κ3) is 2.11. The average Bonchev–Trinajstić information content (AvgIpc) is 2.90. The molecule has 17 heavy (non-hydrogen) atoms. The second kappa shape index (κ2) is 4.50. The molecule has 1 aromatic carbocycles. The van der Waals surface area contributed by atoms with E-state index in [4.69, 9.17) is 0 Å². The molecule has 0 saturated heterocycles. The number of hydrogen-bond donors (Lipinski definition) is 0. The van der Waals surface area contributed by atoms with Crippen LogP contribution in [-0.2, 0) is 0 Å². The van der Waals surface area contributed by atoms with Crippen molar-refractivity contribution in [2.24, 2.45) is 4.99 Å². The first kappa shape index (κ1) is 10.2. The summed E-state index contributed by atoms with van der Waals surface area (Å²) in [5, 5.41) is 0. The summed E-state index contributed by atoms with van der Waals surface area (Å²) < 4.78 is 0. The highest BCUT2D eigenvalue weighted by Gasteiger charge is 2.21. The second-order valence-corrected chi connectivity index (χ2v) is 4.31. The largest absolute Gasteiger partial charge is 0.288 e. The molecule has 1 aromatic heterocycles. The van der Waals surface area contributed by atoms with Gasteiger partial charge in [-0.15, -0.1) is 0 Å². The zero-order chi connectivity index (χ0) is 11.5. The highest BCUT2D eigenvalue weighted by Crippen LogP contribution is 2.26. The monoisotopic (exact) mass is 222 g/mol. The Morgan fingerprint density at radius 2 is 1.76 bits per heavy atom. The zero-order valence-corrected chi connectivity index (χ0v) is 9.58. The first-order chi connectivity index (χ1) is 8.43. The predicted molar refractivity (Wildman–Crippen MR) is 69.4 cm³/mol. The molecule has 0 amide bonds. The minimum atomic E-state index is 0.450. The van der Waals surface area contributed by atoms with E-state index in [0.717, 1.165) is 18.7 Å². The van der Waals surface area contributed by atoms with E-state index in [9.17, 15) is 0 Å². The van der Waals surface area contributed by atoms with Crippen LogP contribution in [0.1, 0.15) is 23.6 Å². The lowest BCUT2D eigenvalue weighted by molar-refractivity contribution is 0.748. The van der Waals surface area contributed by atoms with E-state index < -0.39 is 0 Å². The van der Waals surface area contributed by atoms with Gasteiger partial charge in [0.15, 0.2) is 0 Å². The van der Waals surface area contributed by atoms with Crippen LogP contribution < -0.4 is 0 Å². The smallest absolute Gasteiger partial charge is 0.0480 e. The summed E-state index contributed by atoms with van der Waals surface area (Å²) in [5.74, 6) is 0.450. The Kier molecular flexibility index (Phi) is 2.70. The maximum atomic E-state index is 4.64. The molecule has 2 aromatic rings. The number of aromatic nitrogens is 1. The molecular formula is C15H14N2. The number of benzene rings is 1. The van der Waals surface area contributed by atoms with Gasteiger partial charge in [-0.25, -0.2) is 0 Å². The lowest BCUT2D eigenvalue weighted by Crippen LogP contribution is -2.03. The molecule has 2 heterocycles. The highest BCUT2D eigenvalue weighted by molar-refractivity contribution is 6.02. The maximum absolute atomic E-state index is 4.64. The fourth-order valence-electron chi connectivity index (χ4n) is 2.24. The van der Waals surface area contributed by atoms with Crippen molar-refractivity contribution in [3.63, 3.8) is 0 Å². The van der Waals surface area contributed by atoms with Gasteiger partial charge in [0.25, 0.3) is 0 Å². The van der Waals surface area contributed by atoms with Crippen LogP contribution in [0.2, 0.25) is 0 Å². The summed E-state index contributed by atoms with van der Waals surface area (Å²) >= 11 is 0. The van der Waals surface area contributed by atoms with Crippen molar-refractivity contribution in [3.8, 4) is 0 Å². The van der Waals surface area contributed by atoms with E-state index >= 15 is 0 Å². The molecule has 0 aliphatic carbocycles. The highest BCUT2D eigenvalue weighted by atomic mass is 14.8. The van der Waals surface area contributed by atoms with Crippen LogP contribution in [0, 0.1) is 0 Å². The molecular weight excluding hydrogens is 208 g/mol. The van der Waals surface area contributed by atoms with E-state index in [-0.39, 0.29) is 0 Å². The van der Waals surface area contributed by atoms with Crippen molar-refractivity contribution in [2.45, 2.75) is 12.3 Å². The number of aliphatic imine (C=N–C) groups is 1. The van der Waals surface area contributed by atoms with Crippen LogP contribution in [0.4, 0.5) is 0 Å². The lowest BCUT2D eigenvalue weighted by Gasteiger charge is -2.07. The summed E-state index contributed by atoms with van der Waals surface area (Å²) in [7, 11) is 0. The molecule has 3 rings (SSSR count). The van der Waals surface area contributed by atoms with Crippen molar-refractivity contribution in [2.75, 3.05) is 6.54 Å². The van der Waals surface area contributed by atoms with Gasteiger partial charge in [0, 0.05) is 30.1 Å². The van der Waals surface area contributed by atoms with Crippen molar-refractivity contribution in [1.82, 2.24) is 4.98 Å². The summed E-state index contributed by atoms with van der Waals surface area (Å²) in [4.78, 5) is 9.06. The standard InChI is InChI=1S/C15H14N2/c1-2-6-12(7-3-1)15-10-13(11-17-15)14-8-4-5-9-16-14/h1-9,13H,10-11H2. The number of rotatable bonds is 2. The van der Waals surface area contributed by atoms with Crippen LogP contribution in [0.25, 0.3) is 0 Å². The Labute approximate surface area is 101 Å². The number of hydrogen-bond acceptors (Lipinski definition) is 2. The molecule has 2 heteroatoms. The Balaban J connectivity index is 1.78. The van der Waals surface area contributed by atoms with Crippen LogP contribution in [-0.4, -0.2) is 17.2 Å². The van der Waals surface area contributed by atoms with Gasteiger partial charge in [-0.3, -0.25) is 9.98 Å². The van der Waals surface area contributed by atoms with Gasteiger partial charge in [-0.05, 0) is 24.1 Å². The Morgan fingerprint density at radius 1 is 0.941 bits per heavy atom. The minimum absolute atomic E-state index is 0.450. The van der Waals surface area contributed by atoms with E-state index in [1.807, 2.05) is 24.4 Å². The van der Waals surface area contributed by atoms with E-state index in [0.29, 0.717) is 5.92 Å². The molecule has 0 radical (unpaired) electrons. The van der Waals surface area contributed by atoms with Crippen molar-refractivity contribution in [1.29, 1.82) is 0 Å². The number of pyridine rings is 1. The third-order valence-corrected chi connectivity index (χ3v) is 3.16. The predicted octanol–water partition coefficient (Wildman–Crippen LogP) is 3.06. The zero-order valence-electron chi connectivity index (χ0n) is 9.58. The molecule has 0 saturated carbocycles. The van der Waals surface area contributed by atoms with Crippen molar-refractivity contribution >= 4 is 5.71 Å². The average molecular weight is 222 g/mol. The van der Waals surface area contributed by atoms with Gasteiger partial charge in [0.1, 0.15) is 0 Å². The van der Waals surface area contributed by atoms with Crippen molar-refractivity contribution in [3.05, 3.63) is 66.0 Å². The van der Waals surface area contributed by atoms with Crippen LogP contribution in [0.5, 0.6) is 0 Å². The Morgan fingerprint density at radius 3 is 2.53 bits per heavy atom. The molecule has 0 fully saturated rings. The molecule has 1 aliphatic heterocycles. The second-order valence-electron chi connectivity index (χ2n) is 4.31. The molecule has 84 valence electrons. The molecule has 0 N–H and O–H groups in total. The molecule has 0 spiro atoms. The summed E-state index contributed by atoms with van der Waals surface area (Å²) in [6, 6.07) is 16.5. The van der Waals surface area contributed by atoms with Gasteiger partial charge in [0.05, 0.1) is 0 Å². The van der Waals surface area contributed by atoms with Gasteiger partial charge < -0.3 is 0 Å².